The molecule has 2 atom stereocenters. The summed E-state index contributed by atoms with van der Waals surface area (Å²) >= 11 is 5.90. The Labute approximate surface area is 141 Å². The molecule has 0 saturated carbocycles. The third kappa shape index (κ3) is 6.36. The van der Waals surface area contributed by atoms with Crippen molar-refractivity contribution in [2.75, 3.05) is 19.3 Å². The van der Waals surface area contributed by atoms with Gasteiger partial charge in [0, 0.05) is 39.9 Å². The summed E-state index contributed by atoms with van der Waals surface area (Å²) < 4.78 is 11.8. The minimum atomic E-state index is -0.867. The highest BCUT2D eigenvalue weighted by molar-refractivity contribution is 7.86. The zero-order chi connectivity index (χ0) is 16.8. The molecular weight excluding hydrogens is 318 g/mol. The lowest BCUT2D eigenvalue weighted by Crippen LogP contribution is -2.41. The molecule has 0 spiro atoms. The molecule has 0 saturated heterocycles. The Morgan fingerprint density at radius 2 is 1.91 bits per heavy atom. The van der Waals surface area contributed by atoms with Crippen LogP contribution < -0.4 is 10.6 Å². The molecular formula is C16H26ClN3OS. The van der Waals surface area contributed by atoms with Gasteiger partial charge in [0.15, 0.2) is 5.96 Å². The van der Waals surface area contributed by atoms with Crippen LogP contribution in [0.3, 0.4) is 0 Å². The summed E-state index contributed by atoms with van der Waals surface area (Å²) in [6, 6.07) is 7.83. The molecule has 0 radical (unpaired) electrons. The Morgan fingerprint density at radius 3 is 2.41 bits per heavy atom. The largest absolute Gasteiger partial charge is 0.355 e. The number of nitrogens with zero attached hydrogens (tertiary/aromatic N) is 1. The van der Waals surface area contributed by atoms with Crippen molar-refractivity contribution in [3.8, 4) is 0 Å². The average Bonchev–Trinajstić information content (AvgIpc) is 2.45. The van der Waals surface area contributed by atoms with E-state index in [1.165, 1.54) is 0 Å². The summed E-state index contributed by atoms with van der Waals surface area (Å²) in [7, 11) is 0.860. The van der Waals surface area contributed by atoms with Crippen LogP contribution in [0.25, 0.3) is 0 Å². The minimum absolute atomic E-state index is 0.108. The second-order valence-electron chi connectivity index (χ2n) is 6.08. The zero-order valence-electron chi connectivity index (χ0n) is 13.9. The molecule has 0 fully saturated rings. The van der Waals surface area contributed by atoms with Crippen molar-refractivity contribution in [1.82, 2.24) is 10.6 Å². The van der Waals surface area contributed by atoms with Crippen LogP contribution in [0.1, 0.15) is 39.3 Å². The van der Waals surface area contributed by atoms with Crippen LogP contribution in [-0.4, -0.2) is 34.3 Å². The quantitative estimate of drug-likeness (QED) is 0.638. The standard InChI is InChI=1S/C16H26ClN3OS/c1-12(13-6-8-14(17)9-7-13)20-15(18-5)19-10-11-22(21)16(2,3)4/h6-9,12H,10-11H2,1-5H3,(H2,18,19,20). The lowest BCUT2D eigenvalue weighted by molar-refractivity contribution is 0.645. The van der Waals surface area contributed by atoms with Crippen molar-refractivity contribution < 1.29 is 4.21 Å². The third-order valence-electron chi connectivity index (χ3n) is 3.21. The number of nitrogens with one attached hydrogen (secondary N) is 2. The molecule has 4 nitrogen and oxygen atoms in total. The van der Waals surface area contributed by atoms with Crippen molar-refractivity contribution in [1.29, 1.82) is 0 Å². The van der Waals surface area contributed by atoms with Gasteiger partial charge in [-0.3, -0.25) is 9.20 Å². The summed E-state index contributed by atoms with van der Waals surface area (Å²) in [5.74, 6) is 1.30. The number of rotatable bonds is 5. The van der Waals surface area contributed by atoms with E-state index in [2.05, 4.69) is 22.5 Å². The fourth-order valence-corrected chi connectivity index (χ4v) is 2.83. The van der Waals surface area contributed by atoms with E-state index in [1.54, 1.807) is 7.05 Å². The van der Waals surface area contributed by atoms with Crippen LogP contribution in [0.4, 0.5) is 0 Å². The number of halogens is 1. The Balaban J connectivity index is 2.49. The van der Waals surface area contributed by atoms with E-state index in [9.17, 15) is 4.21 Å². The van der Waals surface area contributed by atoms with E-state index in [1.807, 2.05) is 45.0 Å². The Bertz CT molecular complexity index is 523. The van der Waals surface area contributed by atoms with Gasteiger partial charge in [-0.25, -0.2) is 0 Å². The molecule has 2 N–H and O–H groups in total. The predicted octanol–water partition coefficient (Wildman–Crippen LogP) is 3.11. The number of hydrogen-bond acceptors (Lipinski definition) is 2. The van der Waals surface area contributed by atoms with Gasteiger partial charge in [-0.05, 0) is 45.4 Å². The Morgan fingerprint density at radius 1 is 1.32 bits per heavy atom. The van der Waals surface area contributed by atoms with Crippen LogP contribution >= 0.6 is 11.6 Å². The summed E-state index contributed by atoms with van der Waals surface area (Å²) in [6.07, 6.45) is 0. The molecule has 0 bridgehead atoms. The second kappa shape index (κ2) is 8.53. The molecule has 6 heteroatoms. The molecule has 0 aromatic heterocycles. The maximum Gasteiger partial charge on any atom is 0.191 e. The molecule has 22 heavy (non-hydrogen) atoms. The molecule has 124 valence electrons. The molecule has 0 amide bonds. The molecule has 1 rings (SSSR count). The van der Waals surface area contributed by atoms with Gasteiger partial charge in [0.2, 0.25) is 0 Å². The molecule has 2 unspecified atom stereocenters. The molecule has 0 heterocycles. The van der Waals surface area contributed by atoms with Crippen LogP contribution in [0.5, 0.6) is 0 Å². The molecule has 0 aliphatic rings. The number of benzene rings is 1. The van der Waals surface area contributed by atoms with E-state index < -0.39 is 10.8 Å². The van der Waals surface area contributed by atoms with Gasteiger partial charge in [-0.1, -0.05) is 23.7 Å². The fraction of sp³-hybridized carbons (Fsp3) is 0.562. The van der Waals surface area contributed by atoms with Gasteiger partial charge in [0.25, 0.3) is 0 Å². The lowest BCUT2D eigenvalue weighted by atomic mass is 10.1. The van der Waals surface area contributed by atoms with Gasteiger partial charge in [0.1, 0.15) is 0 Å². The van der Waals surface area contributed by atoms with Gasteiger partial charge in [-0.2, -0.15) is 0 Å². The smallest absolute Gasteiger partial charge is 0.191 e. The summed E-state index contributed by atoms with van der Waals surface area (Å²) in [6.45, 7) is 8.64. The third-order valence-corrected chi connectivity index (χ3v) is 5.40. The predicted molar refractivity (Wildman–Crippen MR) is 97.1 cm³/mol. The zero-order valence-corrected chi connectivity index (χ0v) is 15.5. The molecule has 0 aliphatic carbocycles. The van der Waals surface area contributed by atoms with E-state index in [0.717, 1.165) is 10.6 Å². The second-order valence-corrected chi connectivity index (χ2v) is 8.84. The summed E-state index contributed by atoms with van der Waals surface area (Å²) in [5.41, 5.74) is 1.13. The van der Waals surface area contributed by atoms with Gasteiger partial charge < -0.3 is 10.6 Å². The maximum absolute atomic E-state index is 12.0. The minimum Gasteiger partial charge on any atom is -0.355 e. The topological polar surface area (TPSA) is 53.5 Å². The average molecular weight is 344 g/mol. The van der Waals surface area contributed by atoms with Crippen molar-refractivity contribution in [2.24, 2.45) is 4.99 Å². The molecule has 1 aromatic rings. The van der Waals surface area contributed by atoms with Crippen LogP contribution in [-0.2, 0) is 10.8 Å². The number of aliphatic imine (C=N–C) groups is 1. The van der Waals surface area contributed by atoms with Crippen LogP contribution in [0.2, 0.25) is 5.02 Å². The number of hydrogen-bond donors (Lipinski definition) is 2. The molecule has 0 aliphatic heterocycles. The van der Waals surface area contributed by atoms with Crippen LogP contribution in [0.15, 0.2) is 29.3 Å². The molecule has 1 aromatic carbocycles. The van der Waals surface area contributed by atoms with E-state index in [4.69, 9.17) is 11.6 Å². The SMILES string of the molecule is CN=C(NCCS(=O)C(C)(C)C)NC(C)c1ccc(Cl)cc1. The van der Waals surface area contributed by atoms with E-state index >= 15 is 0 Å². The van der Waals surface area contributed by atoms with Crippen LogP contribution in [0, 0.1) is 0 Å². The van der Waals surface area contributed by atoms with Gasteiger partial charge in [0.05, 0.1) is 6.04 Å². The Kier molecular flexibility index (Phi) is 7.36. The number of guanidine groups is 1. The van der Waals surface area contributed by atoms with Crippen molar-refractivity contribution in [3.63, 3.8) is 0 Å². The lowest BCUT2D eigenvalue weighted by Gasteiger charge is -2.20. The summed E-state index contributed by atoms with van der Waals surface area (Å²) in [5, 5.41) is 7.24. The van der Waals surface area contributed by atoms with Crippen molar-refractivity contribution in [2.45, 2.75) is 38.5 Å². The first-order valence-corrected chi connectivity index (χ1v) is 9.05. The fourth-order valence-electron chi connectivity index (χ4n) is 1.80. The van der Waals surface area contributed by atoms with Gasteiger partial charge in [-0.15, -0.1) is 0 Å². The van der Waals surface area contributed by atoms with Crippen molar-refractivity contribution in [3.05, 3.63) is 34.9 Å². The first-order valence-electron chi connectivity index (χ1n) is 7.35. The maximum atomic E-state index is 12.0. The normalized spacial score (nSPS) is 15.3. The Hall–Kier alpha value is -1.07. The first-order chi connectivity index (χ1) is 10.2. The van der Waals surface area contributed by atoms with E-state index in [0.29, 0.717) is 18.3 Å². The summed E-state index contributed by atoms with van der Waals surface area (Å²) in [4.78, 5) is 4.20. The van der Waals surface area contributed by atoms with E-state index in [-0.39, 0.29) is 10.8 Å². The first kappa shape index (κ1) is 19.0. The highest BCUT2D eigenvalue weighted by Crippen LogP contribution is 2.15. The van der Waals surface area contributed by atoms with Gasteiger partial charge >= 0.3 is 0 Å². The highest BCUT2D eigenvalue weighted by atomic mass is 35.5. The van der Waals surface area contributed by atoms with Crippen molar-refractivity contribution >= 4 is 28.4 Å². The monoisotopic (exact) mass is 343 g/mol. The highest BCUT2D eigenvalue weighted by Gasteiger charge is 2.18.